The van der Waals surface area contributed by atoms with E-state index in [0.29, 0.717) is 12.6 Å². The van der Waals surface area contributed by atoms with Crippen molar-refractivity contribution in [2.24, 2.45) is 5.73 Å². The standard InChI is InChI=1S/C12H15N5S/c13-6-11-15-16-12(17(11)10-3-4-10)18-8-9-2-1-5-14-7-9/h1-2,5,7,10H,3-4,6,8,13H2. The molecule has 1 aliphatic rings. The van der Waals surface area contributed by atoms with Gasteiger partial charge in [0, 0.05) is 24.2 Å². The van der Waals surface area contributed by atoms with E-state index in [0.717, 1.165) is 16.7 Å². The van der Waals surface area contributed by atoms with E-state index < -0.39 is 0 Å². The molecule has 0 bridgehead atoms. The molecule has 0 aromatic carbocycles. The van der Waals surface area contributed by atoms with Crippen LogP contribution in [0.25, 0.3) is 0 Å². The lowest BCUT2D eigenvalue weighted by atomic mass is 10.3. The van der Waals surface area contributed by atoms with Gasteiger partial charge in [-0.1, -0.05) is 17.8 Å². The molecule has 0 aliphatic heterocycles. The molecule has 2 heterocycles. The van der Waals surface area contributed by atoms with Crippen LogP contribution < -0.4 is 5.73 Å². The fourth-order valence-electron chi connectivity index (χ4n) is 1.88. The van der Waals surface area contributed by atoms with Gasteiger partial charge in [-0.2, -0.15) is 0 Å². The van der Waals surface area contributed by atoms with Crippen LogP contribution in [0.2, 0.25) is 0 Å². The van der Waals surface area contributed by atoms with E-state index in [1.54, 1.807) is 18.0 Å². The summed E-state index contributed by atoms with van der Waals surface area (Å²) in [7, 11) is 0. The normalized spacial score (nSPS) is 14.9. The van der Waals surface area contributed by atoms with Crippen LogP contribution in [-0.4, -0.2) is 19.7 Å². The fourth-order valence-corrected chi connectivity index (χ4v) is 2.83. The van der Waals surface area contributed by atoms with E-state index in [1.807, 2.05) is 12.3 Å². The molecule has 0 atom stereocenters. The van der Waals surface area contributed by atoms with Crippen LogP contribution in [0.4, 0.5) is 0 Å². The first-order valence-corrected chi connectivity index (χ1v) is 7.02. The van der Waals surface area contributed by atoms with Crippen LogP contribution in [0.15, 0.2) is 29.7 Å². The number of hydrogen-bond donors (Lipinski definition) is 1. The zero-order valence-corrected chi connectivity index (χ0v) is 10.8. The Morgan fingerprint density at radius 3 is 2.94 bits per heavy atom. The van der Waals surface area contributed by atoms with E-state index in [4.69, 9.17) is 5.73 Å². The third kappa shape index (κ3) is 2.39. The molecule has 0 unspecified atom stereocenters. The van der Waals surface area contributed by atoms with Crippen molar-refractivity contribution in [3.8, 4) is 0 Å². The Bertz CT molecular complexity index is 521. The summed E-state index contributed by atoms with van der Waals surface area (Å²) in [4.78, 5) is 4.11. The zero-order valence-electron chi connectivity index (χ0n) is 9.99. The fraction of sp³-hybridized carbons (Fsp3) is 0.417. The third-order valence-electron chi connectivity index (χ3n) is 2.92. The molecule has 5 nitrogen and oxygen atoms in total. The SMILES string of the molecule is NCc1nnc(SCc2cccnc2)n1C1CC1. The summed E-state index contributed by atoms with van der Waals surface area (Å²) in [5, 5.41) is 9.37. The van der Waals surface area contributed by atoms with Crippen LogP contribution in [0.1, 0.15) is 30.3 Å². The van der Waals surface area contributed by atoms with Crippen LogP contribution in [0.5, 0.6) is 0 Å². The molecule has 18 heavy (non-hydrogen) atoms. The Morgan fingerprint density at radius 1 is 1.39 bits per heavy atom. The lowest BCUT2D eigenvalue weighted by Gasteiger charge is -2.07. The Morgan fingerprint density at radius 2 is 2.28 bits per heavy atom. The predicted octanol–water partition coefficient (Wildman–Crippen LogP) is 1.76. The number of hydrogen-bond acceptors (Lipinski definition) is 5. The third-order valence-corrected chi connectivity index (χ3v) is 3.93. The molecular formula is C12H15N5S. The number of thioether (sulfide) groups is 1. The van der Waals surface area contributed by atoms with Gasteiger partial charge < -0.3 is 10.3 Å². The molecule has 1 saturated carbocycles. The first-order chi connectivity index (χ1) is 8.88. The second-order valence-corrected chi connectivity index (χ2v) is 5.30. The second kappa shape index (κ2) is 5.07. The first-order valence-electron chi connectivity index (χ1n) is 6.04. The molecule has 0 saturated heterocycles. The van der Waals surface area contributed by atoms with Gasteiger partial charge >= 0.3 is 0 Å². The van der Waals surface area contributed by atoms with Crippen molar-refractivity contribution in [3.05, 3.63) is 35.9 Å². The number of nitrogens with zero attached hydrogens (tertiary/aromatic N) is 4. The van der Waals surface area contributed by atoms with E-state index >= 15 is 0 Å². The minimum Gasteiger partial charge on any atom is -0.324 e. The molecule has 1 aliphatic carbocycles. The molecule has 2 N–H and O–H groups in total. The van der Waals surface area contributed by atoms with Crippen molar-refractivity contribution in [1.29, 1.82) is 0 Å². The van der Waals surface area contributed by atoms with Crippen molar-refractivity contribution in [2.45, 2.75) is 36.3 Å². The van der Waals surface area contributed by atoms with E-state index in [9.17, 15) is 0 Å². The monoisotopic (exact) mass is 261 g/mol. The minimum atomic E-state index is 0.455. The Hall–Kier alpha value is -1.40. The predicted molar refractivity (Wildman–Crippen MR) is 70.0 cm³/mol. The van der Waals surface area contributed by atoms with Crippen LogP contribution >= 0.6 is 11.8 Å². The maximum Gasteiger partial charge on any atom is 0.191 e. The summed E-state index contributed by atoms with van der Waals surface area (Å²) in [6.07, 6.45) is 6.10. The van der Waals surface area contributed by atoms with Crippen molar-refractivity contribution >= 4 is 11.8 Å². The van der Waals surface area contributed by atoms with Crippen molar-refractivity contribution in [1.82, 2.24) is 19.7 Å². The Kier molecular flexibility index (Phi) is 3.29. The Labute approximate surface area is 110 Å². The average Bonchev–Trinajstić information content (AvgIpc) is 3.18. The van der Waals surface area contributed by atoms with Crippen molar-refractivity contribution in [3.63, 3.8) is 0 Å². The Balaban J connectivity index is 1.74. The quantitative estimate of drug-likeness (QED) is 0.830. The molecular weight excluding hydrogens is 246 g/mol. The van der Waals surface area contributed by atoms with Gasteiger partial charge in [-0.15, -0.1) is 10.2 Å². The van der Waals surface area contributed by atoms with Gasteiger partial charge in [0.15, 0.2) is 5.16 Å². The average molecular weight is 261 g/mol. The van der Waals surface area contributed by atoms with E-state index in [2.05, 4.69) is 25.8 Å². The second-order valence-electron chi connectivity index (χ2n) is 4.35. The van der Waals surface area contributed by atoms with Gasteiger partial charge in [0.1, 0.15) is 5.82 Å². The summed E-state index contributed by atoms with van der Waals surface area (Å²) in [5.41, 5.74) is 6.89. The molecule has 94 valence electrons. The highest BCUT2D eigenvalue weighted by atomic mass is 32.2. The lowest BCUT2D eigenvalue weighted by Crippen LogP contribution is -2.08. The van der Waals surface area contributed by atoms with Gasteiger partial charge in [0.05, 0.1) is 6.54 Å². The smallest absolute Gasteiger partial charge is 0.191 e. The largest absolute Gasteiger partial charge is 0.324 e. The summed E-state index contributed by atoms with van der Waals surface area (Å²) < 4.78 is 2.20. The maximum absolute atomic E-state index is 5.69. The van der Waals surface area contributed by atoms with Gasteiger partial charge in [-0.3, -0.25) is 4.98 Å². The van der Waals surface area contributed by atoms with Crippen LogP contribution in [0.3, 0.4) is 0 Å². The molecule has 3 rings (SSSR count). The number of rotatable bonds is 5. The molecule has 0 radical (unpaired) electrons. The highest BCUT2D eigenvalue weighted by molar-refractivity contribution is 7.98. The summed E-state index contributed by atoms with van der Waals surface area (Å²) in [5.74, 6) is 1.76. The number of aromatic nitrogens is 4. The van der Waals surface area contributed by atoms with Crippen LogP contribution in [-0.2, 0) is 12.3 Å². The van der Waals surface area contributed by atoms with Gasteiger partial charge in [0.2, 0.25) is 0 Å². The molecule has 1 fully saturated rings. The first kappa shape index (κ1) is 11.7. The van der Waals surface area contributed by atoms with E-state index in [-0.39, 0.29) is 0 Å². The lowest BCUT2D eigenvalue weighted by molar-refractivity contribution is 0.626. The highest BCUT2D eigenvalue weighted by Crippen LogP contribution is 2.39. The van der Waals surface area contributed by atoms with Gasteiger partial charge in [-0.05, 0) is 24.5 Å². The molecule has 2 aromatic heterocycles. The maximum atomic E-state index is 5.69. The van der Waals surface area contributed by atoms with Gasteiger partial charge in [0.25, 0.3) is 0 Å². The van der Waals surface area contributed by atoms with Crippen LogP contribution in [0, 0.1) is 0 Å². The number of nitrogens with two attached hydrogens (primary N) is 1. The van der Waals surface area contributed by atoms with Crippen molar-refractivity contribution < 1.29 is 0 Å². The van der Waals surface area contributed by atoms with Crippen molar-refractivity contribution in [2.75, 3.05) is 0 Å². The van der Waals surface area contributed by atoms with E-state index in [1.165, 1.54) is 18.4 Å². The zero-order chi connectivity index (χ0) is 12.4. The van der Waals surface area contributed by atoms with Gasteiger partial charge in [-0.25, -0.2) is 0 Å². The highest BCUT2D eigenvalue weighted by Gasteiger charge is 2.29. The molecule has 0 spiro atoms. The molecule has 6 heteroatoms. The number of pyridine rings is 1. The minimum absolute atomic E-state index is 0.455. The summed E-state index contributed by atoms with van der Waals surface area (Å²) in [6.45, 7) is 0.455. The molecule has 2 aromatic rings. The molecule has 0 amide bonds. The summed E-state index contributed by atoms with van der Waals surface area (Å²) >= 11 is 1.70. The summed E-state index contributed by atoms with van der Waals surface area (Å²) in [6, 6.07) is 4.59. The topological polar surface area (TPSA) is 69.6 Å².